The summed E-state index contributed by atoms with van der Waals surface area (Å²) in [7, 11) is 0. The largest absolute Gasteiger partial charge is 0.342 e. The Kier molecular flexibility index (Phi) is 2.76. The van der Waals surface area contributed by atoms with Gasteiger partial charge in [-0.2, -0.15) is 11.3 Å². The van der Waals surface area contributed by atoms with Crippen molar-refractivity contribution < 1.29 is 0 Å². The average Bonchev–Trinajstić information content (AvgIpc) is 3.00. The zero-order valence-corrected chi connectivity index (χ0v) is 10.1. The molecule has 0 spiro atoms. The van der Waals surface area contributed by atoms with Crippen LogP contribution in [0.5, 0.6) is 0 Å². The summed E-state index contributed by atoms with van der Waals surface area (Å²) in [6.07, 6.45) is 2.76. The molecule has 0 aliphatic heterocycles. The number of hydrogen-bond acceptors (Lipinski definition) is 2. The normalized spacial score (nSPS) is 10.6. The van der Waals surface area contributed by atoms with E-state index in [-0.39, 0.29) is 0 Å². The smallest absolute Gasteiger partial charge is 0.110 e. The molecule has 3 aromatic rings. The minimum atomic E-state index is 0.852. The molecule has 0 unspecified atom stereocenters. The Balaban J connectivity index is 1.82. The van der Waals surface area contributed by atoms with Crippen LogP contribution in [0, 0.1) is 0 Å². The summed E-state index contributed by atoms with van der Waals surface area (Å²) < 4.78 is 0. The molecule has 0 saturated carbocycles. The number of hydrogen-bond donors (Lipinski definition) is 1. The number of rotatable bonds is 3. The zero-order chi connectivity index (χ0) is 11.5. The van der Waals surface area contributed by atoms with E-state index in [0.717, 1.165) is 17.9 Å². The second-order valence-electron chi connectivity index (χ2n) is 3.92. The van der Waals surface area contributed by atoms with Crippen LogP contribution < -0.4 is 0 Å². The molecule has 0 radical (unpaired) electrons. The van der Waals surface area contributed by atoms with Crippen molar-refractivity contribution in [1.29, 1.82) is 0 Å². The summed E-state index contributed by atoms with van der Waals surface area (Å²) in [5, 5.41) is 4.20. The van der Waals surface area contributed by atoms with Crippen LogP contribution in [0.15, 0.2) is 53.4 Å². The topological polar surface area (TPSA) is 28.7 Å². The molecule has 84 valence electrons. The minimum Gasteiger partial charge on any atom is -0.342 e. The molecule has 0 bridgehead atoms. The summed E-state index contributed by atoms with van der Waals surface area (Å²) in [5.74, 6) is 1.01. The number of imidazole rings is 1. The molecule has 0 amide bonds. The first-order valence-electron chi connectivity index (χ1n) is 5.52. The highest BCUT2D eigenvalue weighted by Crippen LogP contribution is 2.20. The van der Waals surface area contributed by atoms with Gasteiger partial charge in [0.05, 0.1) is 11.9 Å². The number of nitrogens with one attached hydrogen (secondary N) is 1. The first kappa shape index (κ1) is 10.3. The fourth-order valence-electron chi connectivity index (χ4n) is 1.81. The van der Waals surface area contributed by atoms with Crippen molar-refractivity contribution in [2.75, 3.05) is 0 Å². The van der Waals surface area contributed by atoms with Gasteiger partial charge in [0.25, 0.3) is 0 Å². The summed E-state index contributed by atoms with van der Waals surface area (Å²) in [6.45, 7) is 0. The van der Waals surface area contributed by atoms with Crippen LogP contribution in [0.3, 0.4) is 0 Å². The molecule has 3 rings (SSSR count). The van der Waals surface area contributed by atoms with Crippen molar-refractivity contribution in [1.82, 2.24) is 9.97 Å². The molecule has 2 aromatic heterocycles. The highest BCUT2D eigenvalue weighted by atomic mass is 32.1. The average molecular weight is 240 g/mol. The fraction of sp³-hybridized carbons (Fsp3) is 0.0714. The van der Waals surface area contributed by atoms with Gasteiger partial charge in [-0.15, -0.1) is 0 Å². The van der Waals surface area contributed by atoms with E-state index in [0.29, 0.717) is 0 Å². The number of aromatic nitrogens is 2. The Hall–Kier alpha value is -1.87. The second-order valence-corrected chi connectivity index (χ2v) is 4.70. The van der Waals surface area contributed by atoms with Crippen LogP contribution >= 0.6 is 11.3 Å². The molecule has 0 saturated heterocycles. The molecule has 0 aliphatic carbocycles. The summed E-state index contributed by atoms with van der Waals surface area (Å²) in [4.78, 5) is 7.78. The summed E-state index contributed by atoms with van der Waals surface area (Å²) in [5.41, 5.74) is 3.58. The predicted octanol–water partition coefficient (Wildman–Crippen LogP) is 3.73. The molecule has 1 N–H and O–H groups in total. The van der Waals surface area contributed by atoms with Crippen molar-refractivity contribution in [3.8, 4) is 11.3 Å². The van der Waals surface area contributed by atoms with Crippen LogP contribution in [-0.4, -0.2) is 9.97 Å². The Morgan fingerprint density at radius 2 is 2.00 bits per heavy atom. The highest BCUT2D eigenvalue weighted by molar-refractivity contribution is 7.08. The van der Waals surface area contributed by atoms with E-state index in [9.17, 15) is 0 Å². The van der Waals surface area contributed by atoms with Gasteiger partial charge in [0.2, 0.25) is 0 Å². The number of aromatic amines is 1. The van der Waals surface area contributed by atoms with Crippen LogP contribution in [-0.2, 0) is 6.42 Å². The number of nitrogens with zero attached hydrogens (tertiary/aromatic N) is 1. The Labute approximate surface area is 104 Å². The van der Waals surface area contributed by atoms with E-state index >= 15 is 0 Å². The third kappa shape index (κ3) is 2.29. The predicted molar refractivity (Wildman–Crippen MR) is 71.1 cm³/mol. The van der Waals surface area contributed by atoms with Gasteiger partial charge in [0, 0.05) is 17.4 Å². The molecule has 2 nitrogen and oxygen atoms in total. The molecule has 1 aromatic carbocycles. The van der Waals surface area contributed by atoms with E-state index in [2.05, 4.69) is 51.1 Å². The molecule has 17 heavy (non-hydrogen) atoms. The number of thiophene rings is 1. The van der Waals surface area contributed by atoms with Crippen molar-refractivity contribution in [3.63, 3.8) is 0 Å². The summed E-state index contributed by atoms with van der Waals surface area (Å²) in [6, 6.07) is 12.5. The van der Waals surface area contributed by atoms with Gasteiger partial charge >= 0.3 is 0 Å². The molecule has 0 fully saturated rings. The highest BCUT2D eigenvalue weighted by Gasteiger charge is 2.04. The molecule has 0 atom stereocenters. The van der Waals surface area contributed by atoms with E-state index in [1.165, 1.54) is 11.1 Å². The lowest BCUT2D eigenvalue weighted by Gasteiger charge is -1.97. The van der Waals surface area contributed by atoms with Crippen molar-refractivity contribution in [2.24, 2.45) is 0 Å². The number of benzene rings is 1. The standard InChI is InChI=1S/C14H12N2S/c1-2-4-11(5-3-1)8-14-15-9-13(16-14)12-6-7-17-10-12/h1-7,9-10H,8H2,(H,15,16). The Bertz CT molecular complexity index is 582. The zero-order valence-electron chi connectivity index (χ0n) is 9.26. The molecular formula is C14H12N2S. The molecule has 2 heterocycles. The van der Waals surface area contributed by atoms with E-state index in [1.807, 2.05) is 12.3 Å². The third-order valence-corrected chi connectivity index (χ3v) is 3.36. The van der Waals surface area contributed by atoms with Crippen LogP contribution in [0.1, 0.15) is 11.4 Å². The van der Waals surface area contributed by atoms with Gasteiger partial charge in [-0.25, -0.2) is 4.98 Å². The van der Waals surface area contributed by atoms with E-state index in [4.69, 9.17) is 0 Å². The maximum atomic E-state index is 4.42. The van der Waals surface area contributed by atoms with Crippen molar-refractivity contribution in [3.05, 3.63) is 64.7 Å². The first-order valence-corrected chi connectivity index (χ1v) is 6.46. The quantitative estimate of drug-likeness (QED) is 0.742. The minimum absolute atomic E-state index is 0.852. The van der Waals surface area contributed by atoms with Gasteiger partial charge < -0.3 is 4.98 Å². The van der Waals surface area contributed by atoms with Crippen LogP contribution in [0.4, 0.5) is 0 Å². The first-order chi connectivity index (χ1) is 8.42. The SMILES string of the molecule is c1ccc(Cc2ncc(-c3ccsc3)[nH]2)cc1. The Morgan fingerprint density at radius 1 is 1.12 bits per heavy atom. The molecule has 3 heteroatoms. The lowest BCUT2D eigenvalue weighted by Crippen LogP contribution is -1.89. The van der Waals surface area contributed by atoms with E-state index < -0.39 is 0 Å². The van der Waals surface area contributed by atoms with Crippen LogP contribution in [0.25, 0.3) is 11.3 Å². The van der Waals surface area contributed by atoms with Crippen molar-refractivity contribution >= 4 is 11.3 Å². The van der Waals surface area contributed by atoms with Gasteiger partial charge in [-0.05, 0) is 17.0 Å². The monoisotopic (exact) mass is 240 g/mol. The van der Waals surface area contributed by atoms with Crippen molar-refractivity contribution in [2.45, 2.75) is 6.42 Å². The van der Waals surface area contributed by atoms with Gasteiger partial charge in [-0.1, -0.05) is 30.3 Å². The molecule has 0 aliphatic rings. The molecular weight excluding hydrogens is 228 g/mol. The maximum absolute atomic E-state index is 4.42. The summed E-state index contributed by atoms with van der Waals surface area (Å²) >= 11 is 1.70. The van der Waals surface area contributed by atoms with Gasteiger partial charge in [0.1, 0.15) is 5.82 Å². The van der Waals surface area contributed by atoms with E-state index in [1.54, 1.807) is 11.3 Å². The van der Waals surface area contributed by atoms with Gasteiger partial charge in [0.15, 0.2) is 0 Å². The lowest BCUT2D eigenvalue weighted by molar-refractivity contribution is 1.03. The maximum Gasteiger partial charge on any atom is 0.110 e. The second kappa shape index (κ2) is 4.55. The Morgan fingerprint density at radius 3 is 2.76 bits per heavy atom. The fourth-order valence-corrected chi connectivity index (χ4v) is 2.46. The lowest BCUT2D eigenvalue weighted by atomic mass is 10.1. The third-order valence-electron chi connectivity index (χ3n) is 2.68. The van der Waals surface area contributed by atoms with Crippen LogP contribution in [0.2, 0.25) is 0 Å². The van der Waals surface area contributed by atoms with Gasteiger partial charge in [-0.3, -0.25) is 0 Å². The number of H-pyrrole nitrogens is 1.